The third-order valence-corrected chi connectivity index (χ3v) is 4.77. The van der Waals surface area contributed by atoms with Crippen molar-refractivity contribution in [1.82, 2.24) is 0 Å². The Labute approximate surface area is 163 Å². The minimum Gasteiger partial charge on any atom is -0.457 e. The van der Waals surface area contributed by atoms with E-state index in [0.717, 1.165) is 19.3 Å². The molecule has 160 valence electrons. The lowest BCUT2D eigenvalue weighted by Crippen LogP contribution is -2.36. The van der Waals surface area contributed by atoms with Crippen LogP contribution in [0.5, 0.6) is 0 Å². The number of rotatable bonds is 12. The highest BCUT2D eigenvalue weighted by atomic mass is 17.0. The number of hydrogen-bond acceptors (Lipinski definition) is 9. The van der Waals surface area contributed by atoms with Crippen molar-refractivity contribution < 1.29 is 38.5 Å². The summed E-state index contributed by atoms with van der Waals surface area (Å²) in [4.78, 5) is 38.5. The van der Waals surface area contributed by atoms with Gasteiger partial charge in [-0.25, -0.2) is 0 Å². The zero-order chi connectivity index (χ0) is 20.5. The summed E-state index contributed by atoms with van der Waals surface area (Å²) in [6.07, 6.45) is 1.60. The van der Waals surface area contributed by atoms with E-state index in [1.165, 1.54) is 0 Å². The van der Waals surface area contributed by atoms with Gasteiger partial charge in [-0.1, -0.05) is 19.8 Å². The Morgan fingerprint density at radius 3 is 2.07 bits per heavy atom. The average Bonchev–Trinajstić information content (AvgIpc) is 3.18. The predicted octanol–water partition coefficient (Wildman–Crippen LogP) is 1.96. The summed E-state index contributed by atoms with van der Waals surface area (Å²) in [5.74, 6) is -0.691. The summed E-state index contributed by atoms with van der Waals surface area (Å²) >= 11 is 0. The second kappa shape index (κ2) is 11.2. The van der Waals surface area contributed by atoms with Crippen molar-refractivity contribution in [2.24, 2.45) is 0 Å². The van der Waals surface area contributed by atoms with E-state index in [1.807, 2.05) is 0 Å². The highest BCUT2D eigenvalue weighted by molar-refractivity contribution is 5.70. The molecular formula is C18H29NO9. The van der Waals surface area contributed by atoms with Gasteiger partial charge in [-0.05, 0) is 26.2 Å². The molecule has 2 fully saturated rings. The zero-order valence-electron chi connectivity index (χ0n) is 16.4. The highest BCUT2D eigenvalue weighted by Gasteiger charge is 2.51. The van der Waals surface area contributed by atoms with Crippen LogP contribution in [0.15, 0.2) is 0 Å². The molecule has 0 radical (unpaired) electrons. The minimum absolute atomic E-state index is 0.120. The Morgan fingerprint density at radius 2 is 1.57 bits per heavy atom. The van der Waals surface area contributed by atoms with E-state index in [-0.39, 0.29) is 25.6 Å². The van der Waals surface area contributed by atoms with Gasteiger partial charge in [-0.3, -0.25) is 9.59 Å². The number of unbranched alkanes of at least 4 members (excludes halogenated alkanes) is 2. The molecule has 0 amide bonds. The van der Waals surface area contributed by atoms with Gasteiger partial charge in [0.25, 0.3) is 5.09 Å². The first-order valence-corrected chi connectivity index (χ1v) is 9.84. The third-order valence-electron chi connectivity index (χ3n) is 4.77. The molecule has 0 aromatic rings. The fourth-order valence-corrected chi connectivity index (χ4v) is 3.34. The fourth-order valence-electron chi connectivity index (χ4n) is 3.34. The molecule has 0 aliphatic carbocycles. The van der Waals surface area contributed by atoms with E-state index >= 15 is 0 Å². The van der Waals surface area contributed by atoms with Crippen molar-refractivity contribution in [3.8, 4) is 0 Å². The molecule has 10 heteroatoms. The molecule has 5 atom stereocenters. The first-order chi connectivity index (χ1) is 13.4. The largest absolute Gasteiger partial charge is 0.457 e. The van der Waals surface area contributed by atoms with E-state index in [1.54, 1.807) is 6.92 Å². The molecule has 0 N–H and O–H groups in total. The molecule has 2 aliphatic heterocycles. The standard InChI is InChI=1S/C18H29NO9/c1-3-4-5-8-15(20)26-13-10-24-18-14(11-25-17(13)18)27-16(21)9-6-7-12(2)28-19(22)23/h12-14,17-18H,3-11H2,1-2H3/t12?,13?,14?,17-,18-/m1/s1. The van der Waals surface area contributed by atoms with Crippen LogP contribution in [-0.4, -0.2) is 60.8 Å². The number of hydrogen-bond donors (Lipinski definition) is 0. The molecule has 0 aromatic carbocycles. The average molecular weight is 403 g/mol. The van der Waals surface area contributed by atoms with Crippen molar-refractivity contribution in [2.45, 2.75) is 89.3 Å². The molecule has 2 heterocycles. The van der Waals surface area contributed by atoms with Crippen LogP contribution < -0.4 is 0 Å². The van der Waals surface area contributed by atoms with Crippen LogP contribution in [0.25, 0.3) is 0 Å². The Bertz CT molecular complexity index is 541. The van der Waals surface area contributed by atoms with Gasteiger partial charge in [-0.2, -0.15) is 0 Å². The number of carbonyl (C=O) groups is 2. The van der Waals surface area contributed by atoms with Crippen molar-refractivity contribution in [2.75, 3.05) is 13.2 Å². The van der Waals surface area contributed by atoms with Crippen LogP contribution in [0.1, 0.15) is 58.8 Å². The van der Waals surface area contributed by atoms with Crippen LogP contribution in [0.3, 0.4) is 0 Å². The lowest BCUT2D eigenvalue weighted by molar-refractivity contribution is -0.767. The Morgan fingerprint density at radius 1 is 1.04 bits per heavy atom. The molecule has 10 nitrogen and oxygen atoms in total. The maximum atomic E-state index is 12.0. The Balaban J connectivity index is 1.68. The van der Waals surface area contributed by atoms with Gasteiger partial charge in [0.1, 0.15) is 18.3 Å². The molecule has 28 heavy (non-hydrogen) atoms. The van der Waals surface area contributed by atoms with Crippen molar-refractivity contribution >= 4 is 11.9 Å². The predicted molar refractivity (Wildman–Crippen MR) is 94.8 cm³/mol. The van der Waals surface area contributed by atoms with Crippen LogP contribution in [0.2, 0.25) is 0 Å². The van der Waals surface area contributed by atoms with Gasteiger partial charge < -0.3 is 23.8 Å². The lowest BCUT2D eigenvalue weighted by Gasteiger charge is -2.17. The quantitative estimate of drug-likeness (QED) is 0.208. The number of nitrogens with zero attached hydrogens (tertiary/aromatic N) is 1. The monoisotopic (exact) mass is 403 g/mol. The lowest BCUT2D eigenvalue weighted by atomic mass is 10.1. The maximum Gasteiger partial charge on any atom is 0.306 e. The zero-order valence-corrected chi connectivity index (χ0v) is 16.4. The Hall–Kier alpha value is -1.94. The molecule has 2 saturated heterocycles. The Kier molecular flexibility index (Phi) is 8.91. The van der Waals surface area contributed by atoms with Crippen LogP contribution in [0.4, 0.5) is 0 Å². The van der Waals surface area contributed by atoms with Crippen LogP contribution in [0, 0.1) is 10.1 Å². The summed E-state index contributed by atoms with van der Waals surface area (Å²) in [6, 6.07) is 0. The second-order valence-electron chi connectivity index (χ2n) is 7.14. The van der Waals surface area contributed by atoms with Crippen molar-refractivity contribution in [1.29, 1.82) is 0 Å². The number of fused-ring (bicyclic) bond motifs is 1. The molecular weight excluding hydrogens is 374 g/mol. The maximum absolute atomic E-state index is 12.0. The molecule has 2 rings (SSSR count). The second-order valence-corrected chi connectivity index (χ2v) is 7.14. The topological polar surface area (TPSA) is 123 Å². The van der Waals surface area contributed by atoms with Gasteiger partial charge in [0.05, 0.1) is 13.2 Å². The van der Waals surface area contributed by atoms with Gasteiger partial charge >= 0.3 is 11.9 Å². The highest BCUT2D eigenvalue weighted by Crippen LogP contribution is 2.31. The van der Waals surface area contributed by atoms with Gasteiger partial charge in [-0.15, -0.1) is 10.1 Å². The summed E-state index contributed by atoms with van der Waals surface area (Å²) in [6.45, 7) is 4.04. The van der Waals surface area contributed by atoms with Crippen LogP contribution in [-0.2, 0) is 33.4 Å². The number of esters is 2. The van der Waals surface area contributed by atoms with E-state index in [0.29, 0.717) is 19.3 Å². The summed E-state index contributed by atoms with van der Waals surface area (Å²) in [5, 5.41) is 9.39. The van der Waals surface area contributed by atoms with E-state index in [4.69, 9.17) is 18.9 Å². The smallest absolute Gasteiger partial charge is 0.306 e. The molecule has 3 unspecified atom stereocenters. The first kappa shape index (κ1) is 22.4. The summed E-state index contributed by atoms with van der Waals surface area (Å²) in [7, 11) is 0. The molecule has 0 aromatic heterocycles. The minimum atomic E-state index is -0.844. The molecule has 0 saturated carbocycles. The molecule has 2 aliphatic rings. The molecule has 0 spiro atoms. The van der Waals surface area contributed by atoms with Gasteiger partial charge in [0.15, 0.2) is 12.2 Å². The SMILES string of the molecule is CCCCCC(=O)OC1CO[C@@H]2C(OC(=O)CCCC(C)O[N+](=O)[O-])CO[C@H]12. The number of carbonyl (C=O) groups excluding carboxylic acids is 2. The van der Waals surface area contributed by atoms with Crippen LogP contribution >= 0.6 is 0 Å². The summed E-state index contributed by atoms with van der Waals surface area (Å²) in [5.41, 5.74) is 0. The normalized spacial score (nSPS) is 27.1. The van der Waals surface area contributed by atoms with E-state index < -0.39 is 41.6 Å². The molecule has 0 bridgehead atoms. The fraction of sp³-hybridized carbons (Fsp3) is 0.889. The van der Waals surface area contributed by atoms with Crippen molar-refractivity contribution in [3.63, 3.8) is 0 Å². The summed E-state index contributed by atoms with van der Waals surface area (Å²) < 4.78 is 22.1. The first-order valence-electron chi connectivity index (χ1n) is 9.84. The van der Waals surface area contributed by atoms with Gasteiger partial charge in [0, 0.05) is 12.8 Å². The van der Waals surface area contributed by atoms with E-state index in [2.05, 4.69) is 11.8 Å². The van der Waals surface area contributed by atoms with Gasteiger partial charge in [0.2, 0.25) is 0 Å². The third kappa shape index (κ3) is 6.90. The van der Waals surface area contributed by atoms with Crippen molar-refractivity contribution in [3.05, 3.63) is 10.1 Å². The number of ether oxygens (including phenoxy) is 4. The van der Waals surface area contributed by atoms with E-state index in [9.17, 15) is 19.7 Å².